The average molecular weight is 262 g/mol. The maximum Gasteiger partial charge on any atom is 0.109 e. The minimum absolute atomic E-state index is 0.795. The summed E-state index contributed by atoms with van der Waals surface area (Å²) in [7, 11) is 0. The third kappa shape index (κ3) is 1.52. The molecule has 0 saturated carbocycles. The predicted octanol–water partition coefficient (Wildman–Crippen LogP) is 3.41. The first kappa shape index (κ1) is 11.6. The van der Waals surface area contributed by atoms with Gasteiger partial charge in [-0.05, 0) is 32.7 Å². The fourth-order valence-electron chi connectivity index (χ4n) is 3.06. The fraction of sp³-hybridized carbons (Fsp3) is 0.111. The molecule has 2 heteroatoms. The highest BCUT2D eigenvalue weighted by atomic mass is 16.3. The van der Waals surface area contributed by atoms with E-state index in [2.05, 4.69) is 24.3 Å². The number of hydrogen-bond donors (Lipinski definition) is 2. The van der Waals surface area contributed by atoms with E-state index in [1.165, 1.54) is 10.8 Å². The van der Waals surface area contributed by atoms with Crippen molar-refractivity contribution >= 4 is 27.6 Å². The van der Waals surface area contributed by atoms with Gasteiger partial charge in [-0.3, -0.25) is 0 Å². The van der Waals surface area contributed by atoms with E-state index >= 15 is 0 Å². The zero-order chi connectivity index (χ0) is 13.7. The molecule has 0 aliphatic heterocycles. The molecule has 0 radical (unpaired) electrons. The largest absolute Gasteiger partial charge is 0.386 e. The van der Waals surface area contributed by atoms with Gasteiger partial charge in [0.2, 0.25) is 0 Å². The van der Waals surface area contributed by atoms with Crippen LogP contribution >= 0.6 is 0 Å². The van der Waals surface area contributed by atoms with Crippen LogP contribution in [0.15, 0.2) is 54.6 Å². The van der Waals surface area contributed by atoms with Crippen molar-refractivity contribution in [3.8, 4) is 0 Å². The molecule has 0 saturated heterocycles. The molecule has 2 unspecified atom stereocenters. The molecule has 2 nitrogen and oxygen atoms in total. The average Bonchev–Trinajstić information content (AvgIpc) is 2.50. The molecule has 20 heavy (non-hydrogen) atoms. The Morgan fingerprint density at radius 3 is 2.45 bits per heavy atom. The van der Waals surface area contributed by atoms with E-state index in [9.17, 15) is 10.2 Å². The second-order valence-corrected chi connectivity index (χ2v) is 5.25. The van der Waals surface area contributed by atoms with Gasteiger partial charge in [0.25, 0.3) is 0 Å². The second kappa shape index (κ2) is 4.17. The monoisotopic (exact) mass is 262 g/mol. The van der Waals surface area contributed by atoms with Crippen molar-refractivity contribution in [3.05, 3.63) is 65.7 Å². The molecule has 2 N–H and O–H groups in total. The standard InChI is InChI=1S/C18H14O2/c19-16-10-9-14-15(18(16)20)8-7-12-6-5-11-3-1-2-4-13(11)17(12)14/h1-10,16,18-20H. The zero-order valence-corrected chi connectivity index (χ0v) is 10.8. The molecule has 98 valence electrons. The summed E-state index contributed by atoms with van der Waals surface area (Å²) >= 11 is 0. The van der Waals surface area contributed by atoms with Crippen LogP contribution in [0.4, 0.5) is 0 Å². The van der Waals surface area contributed by atoms with Crippen LogP contribution in [-0.4, -0.2) is 16.3 Å². The summed E-state index contributed by atoms with van der Waals surface area (Å²) in [6.07, 6.45) is 1.91. The minimum atomic E-state index is -0.849. The summed E-state index contributed by atoms with van der Waals surface area (Å²) in [5.74, 6) is 0. The Morgan fingerprint density at radius 1 is 0.800 bits per heavy atom. The summed E-state index contributed by atoms with van der Waals surface area (Å²) in [6, 6.07) is 16.4. The van der Waals surface area contributed by atoms with E-state index < -0.39 is 12.2 Å². The molecule has 2 atom stereocenters. The topological polar surface area (TPSA) is 40.5 Å². The first-order valence-electron chi connectivity index (χ1n) is 6.74. The van der Waals surface area contributed by atoms with Crippen LogP contribution in [0, 0.1) is 0 Å². The molecule has 1 aliphatic carbocycles. The van der Waals surface area contributed by atoms with Crippen LogP contribution in [0.3, 0.4) is 0 Å². The third-order valence-electron chi connectivity index (χ3n) is 4.09. The summed E-state index contributed by atoms with van der Waals surface area (Å²) in [6.45, 7) is 0. The first-order chi connectivity index (χ1) is 9.75. The van der Waals surface area contributed by atoms with Crippen molar-refractivity contribution < 1.29 is 10.2 Å². The van der Waals surface area contributed by atoms with Gasteiger partial charge < -0.3 is 10.2 Å². The minimum Gasteiger partial charge on any atom is -0.386 e. The number of fused-ring (bicyclic) bond motifs is 5. The SMILES string of the molecule is OC1C=Cc2c(ccc3ccc4ccccc4c23)C1O. The summed E-state index contributed by atoms with van der Waals surface area (Å²) in [5, 5.41) is 24.6. The van der Waals surface area contributed by atoms with Crippen molar-refractivity contribution in [2.24, 2.45) is 0 Å². The lowest BCUT2D eigenvalue weighted by Gasteiger charge is -2.23. The van der Waals surface area contributed by atoms with Gasteiger partial charge in [0.1, 0.15) is 12.2 Å². The molecular weight excluding hydrogens is 248 g/mol. The molecule has 3 aromatic rings. The van der Waals surface area contributed by atoms with Gasteiger partial charge >= 0.3 is 0 Å². The van der Waals surface area contributed by atoms with Crippen molar-refractivity contribution in [3.63, 3.8) is 0 Å². The lowest BCUT2D eigenvalue weighted by atomic mass is 9.87. The quantitative estimate of drug-likeness (QED) is 0.609. The molecule has 0 fully saturated rings. The highest BCUT2D eigenvalue weighted by Crippen LogP contribution is 2.36. The molecule has 3 aromatic carbocycles. The zero-order valence-electron chi connectivity index (χ0n) is 10.8. The molecule has 0 spiro atoms. The Bertz CT molecular complexity index is 849. The van der Waals surface area contributed by atoms with Crippen LogP contribution in [-0.2, 0) is 0 Å². The van der Waals surface area contributed by atoms with Crippen molar-refractivity contribution in [1.29, 1.82) is 0 Å². The van der Waals surface area contributed by atoms with Crippen LogP contribution in [0.25, 0.3) is 27.6 Å². The summed E-state index contributed by atoms with van der Waals surface area (Å²) in [4.78, 5) is 0. The van der Waals surface area contributed by atoms with E-state index in [1.54, 1.807) is 6.08 Å². The Hall–Kier alpha value is -2.16. The van der Waals surface area contributed by atoms with Gasteiger partial charge in [-0.2, -0.15) is 0 Å². The van der Waals surface area contributed by atoms with Crippen LogP contribution in [0.1, 0.15) is 17.2 Å². The van der Waals surface area contributed by atoms with Gasteiger partial charge in [0, 0.05) is 0 Å². The van der Waals surface area contributed by atoms with Gasteiger partial charge in [-0.15, -0.1) is 0 Å². The highest BCUT2D eigenvalue weighted by Gasteiger charge is 2.23. The van der Waals surface area contributed by atoms with Crippen LogP contribution in [0.2, 0.25) is 0 Å². The normalized spacial score (nSPS) is 21.3. The number of aliphatic hydroxyl groups excluding tert-OH is 2. The molecule has 4 rings (SSSR count). The fourth-order valence-corrected chi connectivity index (χ4v) is 3.06. The smallest absolute Gasteiger partial charge is 0.109 e. The van der Waals surface area contributed by atoms with Crippen LogP contribution in [0.5, 0.6) is 0 Å². The molecule has 0 bridgehead atoms. The number of rotatable bonds is 0. The van der Waals surface area contributed by atoms with Crippen LogP contribution < -0.4 is 0 Å². The number of aliphatic hydroxyl groups is 2. The number of benzene rings is 3. The maximum absolute atomic E-state index is 10.2. The second-order valence-electron chi connectivity index (χ2n) is 5.25. The molecule has 0 amide bonds. The Balaban J connectivity index is 2.19. The van der Waals surface area contributed by atoms with Gasteiger partial charge in [0.05, 0.1) is 0 Å². The predicted molar refractivity (Wildman–Crippen MR) is 81.5 cm³/mol. The lowest BCUT2D eigenvalue weighted by Crippen LogP contribution is -2.19. The Kier molecular flexibility index (Phi) is 2.43. The Morgan fingerprint density at radius 2 is 1.55 bits per heavy atom. The molecule has 0 aromatic heterocycles. The van der Waals surface area contributed by atoms with E-state index in [0.717, 1.165) is 21.9 Å². The van der Waals surface area contributed by atoms with E-state index in [1.807, 2.05) is 30.3 Å². The summed E-state index contributed by atoms with van der Waals surface area (Å²) < 4.78 is 0. The van der Waals surface area contributed by atoms with Crippen molar-refractivity contribution in [1.82, 2.24) is 0 Å². The van der Waals surface area contributed by atoms with Crippen molar-refractivity contribution in [2.45, 2.75) is 12.2 Å². The Labute approximate surface area is 116 Å². The van der Waals surface area contributed by atoms with E-state index in [-0.39, 0.29) is 0 Å². The summed E-state index contributed by atoms with van der Waals surface area (Å²) in [5.41, 5.74) is 1.81. The molecular formula is C18H14O2. The lowest BCUT2D eigenvalue weighted by molar-refractivity contribution is 0.0471. The first-order valence-corrected chi connectivity index (χ1v) is 6.74. The van der Waals surface area contributed by atoms with E-state index in [0.29, 0.717) is 0 Å². The molecule has 0 heterocycles. The van der Waals surface area contributed by atoms with Gasteiger partial charge in [-0.25, -0.2) is 0 Å². The highest BCUT2D eigenvalue weighted by molar-refractivity contribution is 6.11. The van der Waals surface area contributed by atoms with Gasteiger partial charge in [0.15, 0.2) is 0 Å². The van der Waals surface area contributed by atoms with E-state index in [4.69, 9.17) is 0 Å². The van der Waals surface area contributed by atoms with Gasteiger partial charge in [-0.1, -0.05) is 60.7 Å². The third-order valence-corrected chi connectivity index (χ3v) is 4.09. The van der Waals surface area contributed by atoms with Crippen molar-refractivity contribution in [2.75, 3.05) is 0 Å². The molecule has 1 aliphatic rings. The number of hydrogen-bond acceptors (Lipinski definition) is 2. The maximum atomic E-state index is 10.2.